The molecule has 0 aromatic rings. The molecule has 0 bridgehead atoms. The summed E-state index contributed by atoms with van der Waals surface area (Å²) in [6.45, 7) is 17.3. The minimum absolute atomic E-state index is 0.0692. The van der Waals surface area contributed by atoms with E-state index in [0.717, 1.165) is 0 Å². The van der Waals surface area contributed by atoms with Crippen molar-refractivity contribution in [1.82, 2.24) is 0 Å². The van der Waals surface area contributed by atoms with Crippen LogP contribution >= 0.6 is 0 Å². The van der Waals surface area contributed by atoms with E-state index in [1.54, 1.807) is 26.9 Å². The summed E-state index contributed by atoms with van der Waals surface area (Å²) >= 11 is 0. The van der Waals surface area contributed by atoms with Crippen LogP contribution in [0.3, 0.4) is 0 Å². The minimum Gasteiger partial charge on any atom is -0.432 e. The van der Waals surface area contributed by atoms with Gasteiger partial charge in [0.2, 0.25) is 0 Å². The van der Waals surface area contributed by atoms with Gasteiger partial charge in [-0.2, -0.15) is 0 Å². The first kappa shape index (κ1) is 25.2. The lowest BCUT2D eigenvalue weighted by molar-refractivity contribution is -0.193. The van der Waals surface area contributed by atoms with Crippen molar-refractivity contribution in [2.75, 3.05) is 6.61 Å². The summed E-state index contributed by atoms with van der Waals surface area (Å²) < 4.78 is 11.8. The quantitative estimate of drug-likeness (QED) is 0.335. The average Bonchev–Trinajstić information content (AvgIpc) is 2.19. The van der Waals surface area contributed by atoms with Gasteiger partial charge in [-0.15, -0.1) is 0 Å². The van der Waals surface area contributed by atoms with Gasteiger partial charge in [0.15, 0.2) is 14.1 Å². The topological polar surface area (TPSA) is 99.4 Å². The molecule has 25 heavy (non-hydrogen) atoms. The lowest BCUT2D eigenvalue weighted by Gasteiger charge is -2.54. The first-order chi connectivity index (χ1) is 10.6. The van der Waals surface area contributed by atoms with E-state index >= 15 is 0 Å². The third-order valence-corrected chi connectivity index (χ3v) is 9.01. The van der Waals surface area contributed by atoms with Crippen LogP contribution in [0.5, 0.6) is 0 Å². The highest BCUT2D eigenvalue weighted by Gasteiger charge is 2.59. The fraction of sp³-hybridized carbons (Fsp3) is 1.00. The summed E-state index contributed by atoms with van der Waals surface area (Å²) in [6, 6.07) is 0. The maximum absolute atomic E-state index is 11.2. The van der Waals surface area contributed by atoms with Crippen LogP contribution in [0.2, 0.25) is 31.2 Å². The minimum atomic E-state index is -2.93. The smallest absolute Gasteiger partial charge is 0.329 e. The average molecular weight is 397 g/mol. The second kappa shape index (κ2) is 7.67. The first-order valence-corrected chi connectivity index (χ1v) is 14.7. The highest BCUT2D eigenvalue weighted by Crippen LogP contribution is 2.54. The van der Waals surface area contributed by atoms with Gasteiger partial charge in [-0.25, -0.2) is 0 Å². The molecule has 0 saturated carbocycles. The number of hydrogen-bond acceptors (Lipinski definition) is 6. The van der Waals surface area contributed by atoms with Gasteiger partial charge in [0.05, 0.1) is 17.8 Å². The Morgan fingerprint density at radius 3 is 1.52 bits per heavy atom. The summed E-state index contributed by atoms with van der Waals surface area (Å²) in [5.41, 5.74) is -1.82. The van der Waals surface area contributed by atoms with Crippen LogP contribution in [-0.2, 0) is 9.16 Å². The molecule has 0 heterocycles. The van der Waals surface area contributed by atoms with Crippen molar-refractivity contribution in [3.8, 4) is 0 Å². The summed E-state index contributed by atoms with van der Waals surface area (Å²) in [4.78, 5) is 21.6. The summed E-state index contributed by atoms with van der Waals surface area (Å²) in [5.74, 6) is -1.36. The molecular weight excluding hydrogens is 356 g/mol. The Labute approximate surface area is 155 Å². The molecule has 1 atom stereocenters. The predicted molar refractivity (Wildman–Crippen MR) is 105 cm³/mol. The predicted octanol–water partition coefficient (Wildman–Crippen LogP) is 2.71. The molecule has 0 aromatic heterocycles. The van der Waals surface area contributed by atoms with E-state index in [1.165, 1.54) is 13.8 Å². The molecule has 0 radical (unpaired) electrons. The van der Waals surface area contributed by atoms with Crippen molar-refractivity contribution in [2.24, 2.45) is 0 Å². The highest BCUT2D eigenvalue weighted by atomic mass is 28.4. The Balaban J connectivity index is 6.08. The van der Waals surface area contributed by atoms with Crippen molar-refractivity contribution in [3.63, 3.8) is 0 Å². The van der Waals surface area contributed by atoms with Gasteiger partial charge < -0.3 is 29.0 Å². The highest BCUT2D eigenvalue weighted by molar-refractivity contribution is 6.73. The molecule has 0 rings (SSSR count). The SMILES string of the molecule is CC(C)(O)CCC(COC(C)(C)O)(C(C)(C)O[Si](C)(C)O)[Si](C)(C)O. The first-order valence-electron chi connectivity index (χ1n) is 8.86. The van der Waals surface area contributed by atoms with Crippen LogP contribution in [0.25, 0.3) is 0 Å². The summed E-state index contributed by atoms with van der Waals surface area (Å²) in [5, 5.41) is 19.4. The van der Waals surface area contributed by atoms with Crippen molar-refractivity contribution >= 4 is 16.9 Å². The molecule has 1 unspecified atom stereocenters. The number of hydrogen-bond donors (Lipinski definition) is 4. The van der Waals surface area contributed by atoms with E-state index in [4.69, 9.17) is 9.16 Å². The van der Waals surface area contributed by atoms with Gasteiger partial charge in [0.1, 0.15) is 0 Å². The molecule has 6 nitrogen and oxygen atoms in total. The van der Waals surface area contributed by atoms with Crippen LogP contribution in [0.15, 0.2) is 0 Å². The second-order valence-corrected chi connectivity index (χ2v) is 16.9. The van der Waals surface area contributed by atoms with Crippen LogP contribution in [0.1, 0.15) is 54.4 Å². The Kier molecular flexibility index (Phi) is 7.73. The number of rotatable bonds is 10. The fourth-order valence-corrected chi connectivity index (χ4v) is 7.54. The number of aliphatic hydroxyl groups is 2. The zero-order valence-corrected chi connectivity index (χ0v) is 19.7. The second-order valence-electron chi connectivity index (χ2n) is 9.75. The van der Waals surface area contributed by atoms with Crippen molar-refractivity contribution in [3.05, 3.63) is 0 Å². The van der Waals surface area contributed by atoms with Crippen molar-refractivity contribution in [2.45, 2.75) is 103 Å². The maximum Gasteiger partial charge on any atom is 0.329 e. The van der Waals surface area contributed by atoms with Crippen LogP contribution in [0, 0.1) is 0 Å². The lowest BCUT2D eigenvalue weighted by atomic mass is 9.83. The van der Waals surface area contributed by atoms with E-state index in [2.05, 4.69) is 0 Å². The zero-order valence-electron chi connectivity index (χ0n) is 17.7. The molecule has 0 spiro atoms. The number of ether oxygens (including phenoxy) is 1. The van der Waals surface area contributed by atoms with E-state index in [-0.39, 0.29) is 6.61 Å². The molecule has 8 heteroatoms. The van der Waals surface area contributed by atoms with Gasteiger partial charge in [-0.1, -0.05) is 0 Å². The van der Waals surface area contributed by atoms with Crippen LogP contribution in [0.4, 0.5) is 0 Å². The van der Waals surface area contributed by atoms with Crippen molar-refractivity contribution < 1.29 is 29.0 Å². The molecule has 0 aliphatic carbocycles. The van der Waals surface area contributed by atoms with Crippen LogP contribution < -0.4 is 0 Å². The Morgan fingerprint density at radius 1 is 0.800 bits per heavy atom. The monoisotopic (exact) mass is 396 g/mol. The van der Waals surface area contributed by atoms with E-state index < -0.39 is 38.9 Å². The fourth-order valence-electron chi connectivity index (χ4n) is 3.31. The summed E-state index contributed by atoms with van der Waals surface area (Å²) in [7, 11) is -5.83. The Hall–Kier alpha value is 0.194. The molecule has 4 N–H and O–H groups in total. The van der Waals surface area contributed by atoms with E-state index in [9.17, 15) is 19.8 Å². The van der Waals surface area contributed by atoms with Gasteiger partial charge in [-0.05, 0) is 80.6 Å². The Morgan fingerprint density at radius 2 is 1.24 bits per heavy atom. The molecule has 0 amide bonds. The Bertz CT molecular complexity index is 406. The van der Waals surface area contributed by atoms with E-state index in [0.29, 0.717) is 12.8 Å². The third-order valence-electron chi connectivity index (χ3n) is 4.66. The zero-order chi connectivity index (χ0) is 20.5. The molecule has 0 fully saturated rings. The van der Waals surface area contributed by atoms with Gasteiger partial charge >= 0.3 is 8.56 Å². The maximum atomic E-state index is 11.2. The normalized spacial score (nSPS) is 17.5. The molecule has 0 aromatic carbocycles. The van der Waals surface area contributed by atoms with Crippen LogP contribution in [-0.4, -0.2) is 60.3 Å². The van der Waals surface area contributed by atoms with Crippen molar-refractivity contribution in [1.29, 1.82) is 0 Å². The molecule has 152 valence electrons. The van der Waals surface area contributed by atoms with Gasteiger partial charge in [0, 0.05) is 5.04 Å². The molecule has 0 aliphatic rings. The molecule has 0 saturated heterocycles. The van der Waals surface area contributed by atoms with Gasteiger partial charge in [-0.3, -0.25) is 0 Å². The largest absolute Gasteiger partial charge is 0.432 e. The van der Waals surface area contributed by atoms with E-state index in [1.807, 2.05) is 26.9 Å². The summed E-state index contributed by atoms with van der Waals surface area (Å²) in [6.07, 6.45) is 0.874. The third kappa shape index (κ3) is 8.17. The van der Waals surface area contributed by atoms with Gasteiger partial charge in [0.25, 0.3) is 0 Å². The standard InChI is InChI=1S/C17H40O6Si2/c1-14(2,18)11-12-17(24(7,8)20,13-22-16(5,6)19)15(3,4)23-25(9,10)21/h18-21H,11-13H2,1-10H3. The lowest BCUT2D eigenvalue weighted by Crippen LogP contribution is -2.61. The molecular formula is C17H40O6Si2. The molecule has 0 aliphatic heterocycles.